The number of nitrogens with zero attached hydrogens (tertiary/aromatic N) is 1. The Balaban J connectivity index is 1.77. The number of hydrogen-bond donors (Lipinski definition) is 1. The van der Waals surface area contributed by atoms with E-state index in [9.17, 15) is 18.7 Å². The molecule has 6 heteroatoms. The molecular weight excluding hydrogens is 328 g/mol. The van der Waals surface area contributed by atoms with Gasteiger partial charge in [0.05, 0.1) is 25.7 Å². The molecule has 2 aromatic rings. The monoisotopic (exact) mass is 347 g/mol. The van der Waals surface area contributed by atoms with Crippen LogP contribution in [-0.4, -0.2) is 35.7 Å². The van der Waals surface area contributed by atoms with Crippen molar-refractivity contribution >= 4 is 5.91 Å². The molecule has 0 radical (unpaired) electrons. The highest BCUT2D eigenvalue weighted by molar-refractivity contribution is 5.79. The number of carbonyl (C=O) groups is 1. The number of aliphatic hydroxyl groups excluding tert-OH is 1. The average molecular weight is 347 g/mol. The zero-order valence-corrected chi connectivity index (χ0v) is 13.8. The minimum atomic E-state index is -0.633. The van der Waals surface area contributed by atoms with Gasteiger partial charge in [-0.3, -0.25) is 4.79 Å². The van der Waals surface area contributed by atoms with Crippen molar-refractivity contribution in [3.63, 3.8) is 0 Å². The molecule has 2 atom stereocenters. The number of aliphatic hydroxyl groups is 1. The fraction of sp³-hybridized carbons (Fsp3) is 0.316. The van der Waals surface area contributed by atoms with Crippen LogP contribution in [0.1, 0.15) is 23.6 Å². The average Bonchev–Trinajstić information content (AvgIpc) is 2.98. The first-order valence-electron chi connectivity index (χ1n) is 8.03. The third-order valence-electron chi connectivity index (χ3n) is 4.43. The Hall–Kier alpha value is -2.47. The van der Waals surface area contributed by atoms with Gasteiger partial charge in [0.2, 0.25) is 5.91 Å². The topological polar surface area (TPSA) is 49.8 Å². The molecule has 1 aliphatic rings. The highest BCUT2D eigenvalue weighted by Crippen LogP contribution is 2.33. The zero-order valence-electron chi connectivity index (χ0n) is 13.8. The van der Waals surface area contributed by atoms with E-state index in [1.165, 1.54) is 31.4 Å². The fourth-order valence-electron chi connectivity index (χ4n) is 3.19. The predicted molar refractivity (Wildman–Crippen MR) is 88.1 cm³/mol. The molecule has 4 nitrogen and oxygen atoms in total. The van der Waals surface area contributed by atoms with E-state index in [0.717, 1.165) is 5.56 Å². The van der Waals surface area contributed by atoms with Gasteiger partial charge < -0.3 is 14.7 Å². The lowest BCUT2D eigenvalue weighted by Gasteiger charge is -2.25. The third kappa shape index (κ3) is 3.79. The Bertz CT molecular complexity index is 764. The molecule has 25 heavy (non-hydrogen) atoms. The van der Waals surface area contributed by atoms with E-state index in [1.54, 1.807) is 23.1 Å². The summed E-state index contributed by atoms with van der Waals surface area (Å²) in [5.41, 5.74) is 1.30. The maximum atomic E-state index is 13.8. The summed E-state index contributed by atoms with van der Waals surface area (Å²) in [6.07, 6.45) is -0.216. The molecule has 132 valence electrons. The quantitative estimate of drug-likeness (QED) is 0.925. The molecule has 1 heterocycles. The predicted octanol–water partition coefficient (Wildman–Crippen LogP) is 2.85. The van der Waals surface area contributed by atoms with E-state index >= 15 is 0 Å². The summed E-state index contributed by atoms with van der Waals surface area (Å²) < 4.78 is 31.8. The second kappa shape index (κ2) is 7.19. The van der Waals surface area contributed by atoms with Crippen LogP contribution in [-0.2, 0) is 11.2 Å². The van der Waals surface area contributed by atoms with Crippen LogP contribution < -0.4 is 4.74 Å². The van der Waals surface area contributed by atoms with Crippen molar-refractivity contribution in [2.45, 2.75) is 25.0 Å². The van der Waals surface area contributed by atoms with E-state index in [0.29, 0.717) is 12.0 Å². The van der Waals surface area contributed by atoms with Crippen molar-refractivity contribution in [2.24, 2.45) is 0 Å². The summed E-state index contributed by atoms with van der Waals surface area (Å²) in [6, 6.07) is 9.98. The van der Waals surface area contributed by atoms with Crippen LogP contribution in [0.2, 0.25) is 0 Å². The van der Waals surface area contributed by atoms with Crippen LogP contribution in [0.4, 0.5) is 8.78 Å². The Kier molecular flexibility index (Phi) is 4.99. The van der Waals surface area contributed by atoms with Gasteiger partial charge >= 0.3 is 0 Å². The number of carbonyl (C=O) groups excluding carboxylic acids is 1. The van der Waals surface area contributed by atoms with Gasteiger partial charge in [0.1, 0.15) is 5.82 Å². The van der Waals surface area contributed by atoms with Gasteiger partial charge in [-0.25, -0.2) is 8.78 Å². The Labute approximate surface area is 144 Å². The second-order valence-corrected chi connectivity index (χ2v) is 6.15. The van der Waals surface area contributed by atoms with Crippen molar-refractivity contribution in [3.05, 3.63) is 65.2 Å². The standard InChI is InChI=1S/C19H19F2NO3/c1-25-18-7-2-12(8-16(18)21)9-19(24)22-11-15(23)10-17(22)13-3-5-14(20)6-4-13/h2-8,15,17,23H,9-11H2,1H3/t15-,17+/m0/s1. The van der Waals surface area contributed by atoms with Gasteiger partial charge in [-0.15, -0.1) is 0 Å². The number of hydrogen-bond acceptors (Lipinski definition) is 3. The first-order valence-corrected chi connectivity index (χ1v) is 8.03. The molecule has 2 aromatic carbocycles. The van der Waals surface area contributed by atoms with E-state index in [-0.39, 0.29) is 36.5 Å². The van der Waals surface area contributed by atoms with Crippen LogP contribution in [0.25, 0.3) is 0 Å². The van der Waals surface area contributed by atoms with Gasteiger partial charge in [0.25, 0.3) is 0 Å². The lowest BCUT2D eigenvalue weighted by molar-refractivity contribution is -0.131. The minimum Gasteiger partial charge on any atom is -0.494 e. The van der Waals surface area contributed by atoms with Crippen molar-refractivity contribution in [1.29, 1.82) is 0 Å². The molecule has 1 saturated heterocycles. The van der Waals surface area contributed by atoms with Gasteiger partial charge in [0, 0.05) is 6.54 Å². The molecule has 0 aromatic heterocycles. The first kappa shape index (κ1) is 17.4. The number of rotatable bonds is 4. The summed E-state index contributed by atoms with van der Waals surface area (Å²) in [7, 11) is 1.38. The minimum absolute atomic E-state index is 0.0192. The molecule has 1 N–H and O–H groups in total. The summed E-state index contributed by atoms with van der Waals surface area (Å²) in [6.45, 7) is 0.208. The molecule has 0 bridgehead atoms. The molecule has 1 amide bonds. The zero-order chi connectivity index (χ0) is 18.0. The lowest BCUT2D eigenvalue weighted by atomic mass is 10.0. The molecule has 1 aliphatic heterocycles. The van der Waals surface area contributed by atoms with Crippen LogP contribution in [0, 0.1) is 11.6 Å². The number of methoxy groups -OCH3 is 1. The third-order valence-corrected chi connectivity index (χ3v) is 4.43. The summed E-state index contributed by atoms with van der Waals surface area (Å²) >= 11 is 0. The smallest absolute Gasteiger partial charge is 0.227 e. The summed E-state index contributed by atoms with van der Waals surface area (Å²) in [4.78, 5) is 14.2. The van der Waals surface area contributed by atoms with Crippen molar-refractivity contribution < 1.29 is 23.4 Å². The van der Waals surface area contributed by atoms with Crippen molar-refractivity contribution in [1.82, 2.24) is 4.90 Å². The Morgan fingerprint density at radius 3 is 2.60 bits per heavy atom. The van der Waals surface area contributed by atoms with Crippen molar-refractivity contribution in [2.75, 3.05) is 13.7 Å². The van der Waals surface area contributed by atoms with Gasteiger partial charge in [-0.05, 0) is 41.8 Å². The molecule has 0 spiro atoms. The van der Waals surface area contributed by atoms with E-state index in [2.05, 4.69) is 0 Å². The fourth-order valence-corrected chi connectivity index (χ4v) is 3.19. The lowest BCUT2D eigenvalue weighted by Crippen LogP contribution is -2.33. The highest BCUT2D eigenvalue weighted by atomic mass is 19.1. The highest BCUT2D eigenvalue weighted by Gasteiger charge is 2.35. The van der Waals surface area contributed by atoms with E-state index in [1.807, 2.05) is 0 Å². The summed E-state index contributed by atoms with van der Waals surface area (Å²) in [5.74, 6) is -0.967. The van der Waals surface area contributed by atoms with Gasteiger partial charge in [0.15, 0.2) is 11.6 Å². The number of ether oxygens (including phenoxy) is 1. The van der Waals surface area contributed by atoms with E-state index < -0.39 is 11.9 Å². The van der Waals surface area contributed by atoms with Crippen LogP contribution in [0.15, 0.2) is 42.5 Å². The molecule has 0 unspecified atom stereocenters. The maximum Gasteiger partial charge on any atom is 0.227 e. The molecule has 0 saturated carbocycles. The van der Waals surface area contributed by atoms with Crippen LogP contribution in [0.3, 0.4) is 0 Å². The Morgan fingerprint density at radius 2 is 1.96 bits per heavy atom. The number of halogens is 2. The first-order chi connectivity index (χ1) is 12.0. The SMILES string of the molecule is COc1ccc(CC(=O)N2C[C@@H](O)C[C@@H]2c2ccc(F)cc2)cc1F. The van der Waals surface area contributed by atoms with Gasteiger partial charge in [-0.2, -0.15) is 0 Å². The Morgan fingerprint density at radius 1 is 1.24 bits per heavy atom. The second-order valence-electron chi connectivity index (χ2n) is 6.15. The van der Waals surface area contributed by atoms with Gasteiger partial charge in [-0.1, -0.05) is 18.2 Å². The van der Waals surface area contributed by atoms with Crippen molar-refractivity contribution in [3.8, 4) is 5.75 Å². The largest absolute Gasteiger partial charge is 0.494 e. The number of β-amino-alcohol motifs (C(OH)–C–C–N with tert-alkyl or cyclic N) is 1. The number of amides is 1. The molecular formula is C19H19F2NO3. The molecule has 1 fully saturated rings. The van der Waals surface area contributed by atoms with Crippen LogP contribution in [0.5, 0.6) is 5.75 Å². The number of benzene rings is 2. The maximum absolute atomic E-state index is 13.8. The normalized spacial score (nSPS) is 19.9. The summed E-state index contributed by atoms with van der Waals surface area (Å²) in [5, 5.41) is 9.97. The number of likely N-dealkylation sites (tertiary alicyclic amines) is 1. The molecule has 3 rings (SSSR count). The van der Waals surface area contributed by atoms with E-state index in [4.69, 9.17) is 4.74 Å². The van der Waals surface area contributed by atoms with Crippen LogP contribution >= 0.6 is 0 Å². The molecule has 0 aliphatic carbocycles.